The predicted molar refractivity (Wildman–Crippen MR) is 41.9 cm³/mol. The maximum Gasteiger partial charge on any atom is 0.370 e. The molecule has 0 N–H and O–H groups in total. The van der Waals surface area contributed by atoms with Crippen LogP contribution in [0.5, 0.6) is 0 Å². The van der Waals surface area contributed by atoms with E-state index < -0.39 is 14.2 Å². The van der Waals surface area contributed by atoms with Crippen LogP contribution in [0.3, 0.4) is 0 Å². The molecule has 5 nitrogen and oxygen atoms in total. The second-order valence-electron chi connectivity index (χ2n) is 1.90. The van der Waals surface area contributed by atoms with Crippen LogP contribution in [0.2, 0.25) is 0 Å². The van der Waals surface area contributed by atoms with Crippen molar-refractivity contribution in [2.24, 2.45) is 0 Å². The molecule has 0 heterocycles. The lowest BCUT2D eigenvalue weighted by Gasteiger charge is -2.01. The molecule has 0 aromatic rings. The van der Waals surface area contributed by atoms with Crippen LogP contribution >= 0.6 is 8.25 Å². The number of aldehydes is 1. The number of carbonyl (C=O) groups excluding carboxylic acids is 2. The Hall–Kier alpha value is -0.930. The lowest BCUT2D eigenvalue weighted by atomic mass is 10.4. The summed E-state index contributed by atoms with van der Waals surface area (Å²) in [5.41, 5.74) is 0.128. The van der Waals surface area contributed by atoms with Crippen molar-refractivity contribution in [1.29, 1.82) is 0 Å². The quantitative estimate of drug-likeness (QED) is 0.364. The molecule has 0 aromatic carbocycles. The summed E-state index contributed by atoms with van der Waals surface area (Å²) < 4.78 is 19.2. The van der Waals surface area contributed by atoms with Crippen molar-refractivity contribution in [3.8, 4) is 0 Å². The monoisotopic (exact) mass is 192 g/mol. The van der Waals surface area contributed by atoms with Crippen LogP contribution in [0.4, 0.5) is 0 Å². The highest BCUT2D eigenvalue weighted by molar-refractivity contribution is 7.34. The van der Waals surface area contributed by atoms with Crippen LogP contribution in [0.1, 0.15) is 6.92 Å². The number of carbonyl (C=O) groups is 2. The van der Waals surface area contributed by atoms with Crippen molar-refractivity contribution >= 4 is 20.5 Å². The van der Waals surface area contributed by atoms with Gasteiger partial charge in [-0.1, -0.05) is 6.58 Å². The van der Waals surface area contributed by atoms with E-state index in [0.29, 0.717) is 6.29 Å². The highest BCUT2D eigenvalue weighted by Crippen LogP contribution is 2.24. The zero-order valence-corrected chi connectivity index (χ0v) is 7.53. The third kappa shape index (κ3) is 4.82. The highest BCUT2D eigenvalue weighted by atomic mass is 31.1. The Morgan fingerprint density at radius 1 is 1.67 bits per heavy atom. The molecule has 6 heteroatoms. The third-order valence-electron chi connectivity index (χ3n) is 0.794. The van der Waals surface area contributed by atoms with Gasteiger partial charge in [-0.3, -0.25) is 4.52 Å². The maximum atomic E-state index is 10.7. The zero-order chi connectivity index (χ0) is 9.56. The van der Waals surface area contributed by atoms with Gasteiger partial charge in [0, 0.05) is 5.57 Å². The summed E-state index contributed by atoms with van der Waals surface area (Å²) in [5.74, 6) is -0.787. The molecule has 0 bridgehead atoms. The van der Waals surface area contributed by atoms with Crippen molar-refractivity contribution in [3.63, 3.8) is 0 Å². The van der Waals surface area contributed by atoms with Crippen LogP contribution < -0.4 is 0 Å². The van der Waals surface area contributed by atoms with Crippen molar-refractivity contribution in [2.45, 2.75) is 6.92 Å². The minimum absolute atomic E-state index is 0.128. The van der Waals surface area contributed by atoms with Crippen LogP contribution in [0.25, 0.3) is 0 Å². The van der Waals surface area contributed by atoms with Gasteiger partial charge in [-0.05, 0) is 6.92 Å². The second kappa shape index (κ2) is 5.69. The molecule has 0 spiro atoms. The first-order chi connectivity index (χ1) is 5.57. The summed E-state index contributed by atoms with van der Waals surface area (Å²) in [4.78, 5) is 20.4. The van der Waals surface area contributed by atoms with E-state index in [0.717, 1.165) is 0 Å². The van der Waals surface area contributed by atoms with Gasteiger partial charge in [0.2, 0.25) is 0 Å². The van der Waals surface area contributed by atoms with Gasteiger partial charge >= 0.3 is 14.2 Å². The molecule has 0 rings (SSSR count). The molecule has 0 aromatic heterocycles. The average molecular weight is 192 g/mol. The first-order valence-corrected chi connectivity index (χ1v) is 4.28. The first-order valence-electron chi connectivity index (χ1n) is 3.06. The topological polar surface area (TPSA) is 69.7 Å². The summed E-state index contributed by atoms with van der Waals surface area (Å²) in [6.07, 6.45) is 0.414. The summed E-state index contributed by atoms with van der Waals surface area (Å²) in [6, 6.07) is 0. The standard InChI is InChI=1S/C6H9O5P/c1-5(2)6(8)11-12(9)10-4-3-7/h3,12H,1,4H2,2H3. The molecule has 0 aliphatic rings. The van der Waals surface area contributed by atoms with E-state index in [2.05, 4.69) is 15.6 Å². The number of hydrogen-bond donors (Lipinski definition) is 0. The van der Waals surface area contributed by atoms with Crippen molar-refractivity contribution in [2.75, 3.05) is 6.61 Å². The van der Waals surface area contributed by atoms with E-state index in [4.69, 9.17) is 0 Å². The second-order valence-corrected chi connectivity index (χ2v) is 2.89. The fourth-order valence-electron chi connectivity index (χ4n) is 0.294. The van der Waals surface area contributed by atoms with Crippen molar-refractivity contribution < 1.29 is 23.2 Å². The molecular formula is C6H9O5P. The van der Waals surface area contributed by atoms with E-state index in [-0.39, 0.29) is 12.2 Å². The smallest absolute Gasteiger partial charge is 0.370 e. The van der Waals surface area contributed by atoms with E-state index in [1.54, 1.807) is 0 Å². The zero-order valence-electron chi connectivity index (χ0n) is 6.53. The molecular weight excluding hydrogens is 183 g/mol. The Morgan fingerprint density at radius 2 is 2.25 bits per heavy atom. The number of rotatable bonds is 5. The molecule has 1 atom stereocenters. The molecule has 0 fully saturated rings. The van der Waals surface area contributed by atoms with Crippen LogP contribution in [0, 0.1) is 0 Å². The van der Waals surface area contributed by atoms with E-state index in [1.165, 1.54) is 6.92 Å². The molecule has 0 saturated heterocycles. The Bertz CT molecular complexity index is 222. The minimum atomic E-state index is -2.89. The SMILES string of the molecule is C=C(C)C(=O)O[PH](=O)OCC=O. The lowest BCUT2D eigenvalue weighted by molar-refractivity contribution is -0.130. The fraction of sp³-hybridized carbons (Fsp3) is 0.333. The van der Waals surface area contributed by atoms with Gasteiger partial charge in [-0.2, -0.15) is 0 Å². The molecule has 0 saturated carbocycles. The van der Waals surface area contributed by atoms with Gasteiger partial charge in [0.15, 0.2) is 0 Å². The van der Waals surface area contributed by atoms with Gasteiger partial charge in [0.25, 0.3) is 0 Å². The fourth-order valence-corrected chi connectivity index (χ4v) is 0.883. The van der Waals surface area contributed by atoms with Crippen LogP contribution in [-0.4, -0.2) is 18.9 Å². The van der Waals surface area contributed by atoms with Gasteiger partial charge in [-0.25, -0.2) is 9.36 Å². The highest BCUT2D eigenvalue weighted by Gasteiger charge is 2.07. The predicted octanol–water partition coefficient (Wildman–Crippen LogP) is 0.711. The largest absolute Gasteiger partial charge is 0.390 e. The summed E-state index contributed by atoms with van der Waals surface area (Å²) >= 11 is 0. The lowest BCUT2D eigenvalue weighted by Crippen LogP contribution is -2.00. The van der Waals surface area contributed by atoms with Crippen molar-refractivity contribution in [3.05, 3.63) is 12.2 Å². The van der Waals surface area contributed by atoms with Crippen molar-refractivity contribution in [1.82, 2.24) is 0 Å². The summed E-state index contributed by atoms with van der Waals surface area (Å²) in [6.45, 7) is 4.33. The molecule has 0 radical (unpaired) electrons. The molecule has 0 aliphatic heterocycles. The minimum Gasteiger partial charge on any atom is -0.390 e. The molecule has 0 amide bonds. The van der Waals surface area contributed by atoms with Gasteiger partial charge in [0.05, 0.1) is 0 Å². The normalized spacial score (nSPS) is 11.8. The average Bonchev–Trinajstić information content (AvgIpc) is 2.00. The third-order valence-corrected chi connectivity index (χ3v) is 1.55. The summed E-state index contributed by atoms with van der Waals surface area (Å²) in [7, 11) is -2.89. The number of hydrogen-bond acceptors (Lipinski definition) is 5. The first kappa shape index (κ1) is 11.1. The molecule has 1 unspecified atom stereocenters. The van der Waals surface area contributed by atoms with Gasteiger partial charge < -0.3 is 9.32 Å². The Kier molecular flexibility index (Phi) is 5.25. The molecule has 68 valence electrons. The molecule has 12 heavy (non-hydrogen) atoms. The van der Waals surface area contributed by atoms with Gasteiger partial charge in [0.1, 0.15) is 12.9 Å². The van der Waals surface area contributed by atoms with E-state index >= 15 is 0 Å². The Morgan fingerprint density at radius 3 is 2.67 bits per heavy atom. The maximum absolute atomic E-state index is 10.7. The Balaban J connectivity index is 3.76. The Labute approximate surface area is 70.3 Å². The van der Waals surface area contributed by atoms with Crippen LogP contribution in [-0.2, 0) is 23.2 Å². The van der Waals surface area contributed by atoms with E-state index in [1.807, 2.05) is 0 Å². The van der Waals surface area contributed by atoms with Crippen LogP contribution in [0.15, 0.2) is 12.2 Å². The molecule has 0 aliphatic carbocycles. The van der Waals surface area contributed by atoms with Gasteiger partial charge in [-0.15, -0.1) is 0 Å². The van der Waals surface area contributed by atoms with E-state index in [9.17, 15) is 14.2 Å². The summed E-state index contributed by atoms with van der Waals surface area (Å²) in [5, 5.41) is 0.